The lowest BCUT2D eigenvalue weighted by Crippen LogP contribution is -2.48. The normalized spacial score (nSPS) is 15.7. The van der Waals surface area contributed by atoms with Crippen molar-refractivity contribution in [3.63, 3.8) is 0 Å². The molecule has 1 aliphatic rings. The number of aliphatic hydroxyl groups excluding tert-OH is 1. The summed E-state index contributed by atoms with van der Waals surface area (Å²) in [6.45, 7) is 5.51. The van der Waals surface area contributed by atoms with E-state index in [0.29, 0.717) is 12.8 Å². The minimum absolute atomic E-state index is 0.0923. The maximum Gasteiger partial charge on any atom is 0.222 e. The molecule has 1 saturated heterocycles. The van der Waals surface area contributed by atoms with Crippen LogP contribution >= 0.6 is 0 Å². The summed E-state index contributed by atoms with van der Waals surface area (Å²) in [5, 5.41) is 8.75. The van der Waals surface area contributed by atoms with Crippen LogP contribution in [0, 0.1) is 6.92 Å². The Balaban J connectivity index is 1.87. The number of carbonyl (C=O) groups excluding carboxylic acids is 1. The molecule has 0 aliphatic carbocycles. The molecule has 2 rings (SSSR count). The highest BCUT2D eigenvalue weighted by molar-refractivity contribution is 5.76. The van der Waals surface area contributed by atoms with Crippen LogP contribution in [0.3, 0.4) is 0 Å². The molecule has 1 N–H and O–H groups in total. The molecular formula is C15H22N2O2. The van der Waals surface area contributed by atoms with Gasteiger partial charge in [-0.05, 0) is 31.0 Å². The first-order chi connectivity index (χ1) is 9.20. The fourth-order valence-corrected chi connectivity index (χ4v) is 2.43. The van der Waals surface area contributed by atoms with Gasteiger partial charge in [0.1, 0.15) is 0 Å². The lowest BCUT2D eigenvalue weighted by Gasteiger charge is -2.36. The Morgan fingerprint density at radius 1 is 1.26 bits per heavy atom. The van der Waals surface area contributed by atoms with Gasteiger partial charge in [0.15, 0.2) is 0 Å². The fraction of sp³-hybridized carbons (Fsp3) is 0.533. The van der Waals surface area contributed by atoms with E-state index >= 15 is 0 Å². The Kier molecular flexibility index (Phi) is 4.80. The summed E-state index contributed by atoms with van der Waals surface area (Å²) in [4.78, 5) is 16.1. The average Bonchev–Trinajstić information content (AvgIpc) is 2.45. The minimum Gasteiger partial charge on any atom is -0.396 e. The van der Waals surface area contributed by atoms with Crippen molar-refractivity contribution >= 4 is 11.6 Å². The molecule has 0 spiro atoms. The monoisotopic (exact) mass is 262 g/mol. The molecule has 1 aromatic rings. The number of piperazine rings is 1. The van der Waals surface area contributed by atoms with Gasteiger partial charge in [-0.3, -0.25) is 4.79 Å². The van der Waals surface area contributed by atoms with Crippen LogP contribution in [0.1, 0.15) is 18.4 Å². The third kappa shape index (κ3) is 3.70. The first-order valence-electron chi connectivity index (χ1n) is 6.91. The summed E-state index contributed by atoms with van der Waals surface area (Å²) in [5.41, 5.74) is 2.50. The van der Waals surface area contributed by atoms with Crippen LogP contribution in [0.2, 0.25) is 0 Å². The van der Waals surface area contributed by atoms with Crippen LogP contribution in [0.15, 0.2) is 24.3 Å². The van der Waals surface area contributed by atoms with Gasteiger partial charge >= 0.3 is 0 Å². The summed E-state index contributed by atoms with van der Waals surface area (Å²) in [6, 6.07) is 8.47. The number of hydrogen-bond donors (Lipinski definition) is 1. The summed E-state index contributed by atoms with van der Waals surface area (Å²) in [7, 11) is 0. The molecule has 0 saturated carbocycles. The Bertz CT molecular complexity index is 426. The van der Waals surface area contributed by atoms with Crippen LogP contribution in [0.5, 0.6) is 0 Å². The third-order valence-electron chi connectivity index (χ3n) is 3.55. The van der Waals surface area contributed by atoms with Crippen molar-refractivity contribution < 1.29 is 9.90 Å². The average molecular weight is 262 g/mol. The standard InChI is InChI=1S/C15H22N2O2/c1-13-4-2-5-14(12-13)16-7-9-17(10-8-16)15(19)6-3-11-18/h2,4-5,12,18H,3,6-11H2,1H3. The summed E-state index contributed by atoms with van der Waals surface area (Å²) in [5.74, 6) is 0.165. The van der Waals surface area contributed by atoms with E-state index in [0.717, 1.165) is 26.2 Å². The highest BCUT2D eigenvalue weighted by atomic mass is 16.3. The van der Waals surface area contributed by atoms with Crippen molar-refractivity contribution in [2.24, 2.45) is 0 Å². The van der Waals surface area contributed by atoms with Gasteiger partial charge in [0.25, 0.3) is 0 Å². The first kappa shape index (κ1) is 13.9. The summed E-state index contributed by atoms with van der Waals surface area (Å²) in [6.07, 6.45) is 1.03. The minimum atomic E-state index is 0.0923. The Morgan fingerprint density at radius 2 is 2.00 bits per heavy atom. The second-order valence-electron chi connectivity index (χ2n) is 5.03. The van der Waals surface area contributed by atoms with Crippen molar-refractivity contribution in [3.8, 4) is 0 Å². The smallest absolute Gasteiger partial charge is 0.222 e. The zero-order valence-corrected chi connectivity index (χ0v) is 11.5. The van der Waals surface area contributed by atoms with E-state index in [1.807, 2.05) is 4.90 Å². The molecule has 0 bridgehead atoms. The SMILES string of the molecule is Cc1cccc(N2CCN(C(=O)CCCO)CC2)c1. The zero-order valence-electron chi connectivity index (χ0n) is 11.5. The molecule has 0 radical (unpaired) electrons. The van der Waals surface area contributed by atoms with Crippen LogP contribution in [-0.4, -0.2) is 48.7 Å². The molecule has 19 heavy (non-hydrogen) atoms. The van der Waals surface area contributed by atoms with E-state index in [-0.39, 0.29) is 12.5 Å². The lowest BCUT2D eigenvalue weighted by molar-refractivity contribution is -0.131. The van der Waals surface area contributed by atoms with E-state index in [9.17, 15) is 4.79 Å². The van der Waals surface area contributed by atoms with Crippen molar-refractivity contribution in [1.29, 1.82) is 0 Å². The molecule has 4 heteroatoms. The maximum atomic E-state index is 11.9. The summed E-state index contributed by atoms with van der Waals surface area (Å²) >= 11 is 0. The quantitative estimate of drug-likeness (QED) is 0.892. The van der Waals surface area contributed by atoms with Gasteiger partial charge in [0.2, 0.25) is 5.91 Å². The van der Waals surface area contributed by atoms with Crippen molar-refractivity contribution in [3.05, 3.63) is 29.8 Å². The second kappa shape index (κ2) is 6.57. The number of carbonyl (C=O) groups is 1. The largest absolute Gasteiger partial charge is 0.396 e. The zero-order chi connectivity index (χ0) is 13.7. The number of rotatable bonds is 4. The van der Waals surface area contributed by atoms with E-state index in [4.69, 9.17) is 5.11 Å². The van der Waals surface area contributed by atoms with E-state index in [2.05, 4.69) is 36.1 Å². The predicted octanol–water partition coefficient (Wildman–Crippen LogP) is 1.42. The second-order valence-corrected chi connectivity index (χ2v) is 5.03. The lowest BCUT2D eigenvalue weighted by atomic mass is 10.2. The number of aliphatic hydroxyl groups is 1. The number of aryl methyl sites for hydroxylation is 1. The number of benzene rings is 1. The maximum absolute atomic E-state index is 11.9. The molecule has 0 unspecified atom stereocenters. The van der Waals surface area contributed by atoms with Gasteiger partial charge in [-0.15, -0.1) is 0 Å². The molecule has 1 heterocycles. The molecule has 1 aliphatic heterocycles. The number of anilines is 1. The van der Waals surface area contributed by atoms with Crippen molar-refractivity contribution in [2.45, 2.75) is 19.8 Å². The molecule has 0 atom stereocenters. The van der Waals surface area contributed by atoms with Gasteiger partial charge < -0.3 is 14.9 Å². The van der Waals surface area contributed by atoms with Gasteiger partial charge in [-0.25, -0.2) is 0 Å². The number of amides is 1. The first-order valence-corrected chi connectivity index (χ1v) is 6.91. The predicted molar refractivity (Wildman–Crippen MR) is 76.3 cm³/mol. The molecular weight excluding hydrogens is 240 g/mol. The number of nitrogens with zero attached hydrogens (tertiary/aromatic N) is 2. The summed E-state index contributed by atoms with van der Waals surface area (Å²) < 4.78 is 0. The van der Waals surface area contributed by atoms with Crippen LogP contribution in [0.4, 0.5) is 5.69 Å². The highest BCUT2D eigenvalue weighted by Gasteiger charge is 2.20. The molecule has 0 aromatic heterocycles. The molecule has 1 aromatic carbocycles. The van der Waals surface area contributed by atoms with E-state index in [1.165, 1.54) is 11.3 Å². The van der Waals surface area contributed by atoms with Crippen LogP contribution in [-0.2, 0) is 4.79 Å². The van der Waals surface area contributed by atoms with Crippen LogP contribution < -0.4 is 4.90 Å². The van der Waals surface area contributed by atoms with E-state index < -0.39 is 0 Å². The topological polar surface area (TPSA) is 43.8 Å². The van der Waals surface area contributed by atoms with E-state index in [1.54, 1.807) is 0 Å². The van der Waals surface area contributed by atoms with Gasteiger partial charge in [0.05, 0.1) is 0 Å². The Labute approximate surface area is 114 Å². The van der Waals surface area contributed by atoms with Crippen molar-refractivity contribution in [2.75, 3.05) is 37.7 Å². The van der Waals surface area contributed by atoms with Crippen molar-refractivity contribution in [1.82, 2.24) is 4.90 Å². The molecule has 1 fully saturated rings. The van der Waals surface area contributed by atoms with Gasteiger partial charge in [-0.1, -0.05) is 12.1 Å². The highest BCUT2D eigenvalue weighted by Crippen LogP contribution is 2.18. The molecule has 104 valence electrons. The third-order valence-corrected chi connectivity index (χ3v) is 3.55. The Morgan fingerprint density at radius 3 is 2.63 bits per heavy atom. The van der Waals surface area contributed by atoms with Gasteiger partial charge in [-0.2, -0.15) is 0 Å². The molecule has 4 nitrogen and oxygen atoms in total. The van der Waals surface area contributed by atoms with Crippen LogP contribution in [0.25, 0.3) is 0 Å². The van der Waals surface area contributed by atoms with Gasteiger partial charge in [0, 0.05) is 44.9 Å². The number of hydrogen-bond acceptors (Lipinski definition) is 3. The fourth-order valence-electron chi connectivity index (χ4n) is 2.43. The molecule has 1 amide bonds. The Hall–Kier alpha value is -1.55.